The summed E-state index contributed by atoms with van der Waals surface area (Å²) >= 11 is 0. The molecule has 1 aliphatic heterocycles. The maximum absolute atomic E-state index is 12.1. The molecule has 0 bridgehead atoms. The number of amides is 1. The highest BCUT2D eigenvalue weighted by Gasteiger charge is 2.20. The summed E-state index contributed by atoms with van der Waals surface area (Å²) in [5, 5.41) is 2.83. The van der Waals surface area contributed by atoms with Crippen LogP contribution in [0.2, 0.25) is 0 Å². The third-order valence-corrected chi connectivity index (χ3v) is 4.08. The number of carbonyl (C=O) groups is 2. The van der Waals surface area contributed by atoms with Crippen molar-refractivity contribution >= 4 is 11.9 Å². The van der Waals surface area contributed by atoms with Gasteiger partial charge in [-0.25, -0.2) is 4.79 Å². The second-order valence-corrected chi connectivity index (χ2v) is 5.72. The molecule has 3 rings (SSSR count). The zero-order chi connectivity index (χ0) is 16.1. The number of hydrogen-bond acceptors (Lipinski definition) is 3. The topological polar surface area (TPSA) is 55.4 Å². The molecule has 0 spiro atoms. The van der Waals surface area contributed by atoms with Gasteiger partial charge < -0.3 is 10.1 Å². The van der Waals surface area contributed by atoms with Gasteiger partial charge in [0.2, 0.25) is 5.91 Å². The molecule has 1 N–H and O–H groups in total. The Bertz CT molecular complexity index is 680. The van der Waals surface area contributed by atoms with Gasteiger partial charge in [0.25, 0.3) is 0 Å². The smallest absolute Gasteiger partial charge is 0.338 e. The highest BCUT2D eigenvalue weighted by atomic mass is 16.5. The van der Waals surface area contributed by atoms with E-state index in [0.717, 1.165) is 17.5 Å². The SMILES string of the molecule is O=C1CC(c2ccc(C(=O)OCc3ccccc3)cc2)CCN1. The first-order valence-electron chi connectivity index (χ1n) is 7.80. The molecule has 2 aromatic rings. The minimum Gasteiger partial charge on any atom is -0.457 e. The standard InChI is InChI=1S/C19H19NO3/c21-18-12-17(10-11-20-18)15-6-8-16(9-7-15)19(22)23-13-14-4-2-1-3-5-14/h1-9,17H,10-13H2,(H,20,21). The molecule has 1 fully saturated rings. The van der Waals surface area contributed by atoms with Gasteiger partial charge >= 0.3 is 5.97 Å². The van der Waals surface area contributed by atoms with E-state index in [0.29, 0.717) is 18.5 Å². The van der Waals surface area contributed by atoms with E-state index in [4.69, 9.17) is 4.74 Å². The Hall–Kier alpha value is -2.62. The normalized spacial score (nSPS) is 17.4. The van der Waals surface area contributed by atoms with Crippen molar-refractivity contribution < 1.29 is 14.3 Å². The number of nitrogens with one attached hydrogen (secondary N) is 1. The predicted molar refractivity (Wildman–Crippen MR) is 87.0 cm³/mol. The average molecular weight is 309 g/mol. The first-order chi connectivity index (χ1) is 11.2. The van der Waals surface area contributed by atoms with Gasteiger partial charge in [0.15, 0.2) is 0 Å². The largest absolute Gasteiger partial charge is 0.457 e. The Morgan fingerprint density at radius 1 is 1.09 bits per heavy atom. The van der Waals surface area contributed by atoms with Crippen LogP contribution in [-0.4, -0.2) is 18.4 Å². The molecule has 0 saturated carbocycles. The molecule has 1 atom stereocenters. The lowest BCUT2D eigenvalue weighted by Crippen LogP contribution is -2.32. The molecule has 23 heavy (non-hydrogen) atoms. The first kappa shape index (κ1) is 15.3. The Morgan fingerprint density at radius 3 is 2.52 bits per heavy atom. The van der Waals surface area contributed by atoms with E-state index < -0.39 is 0 Å². The van der Waals surface area contributed by atoms with Crippen molar-refractivity contribution in [1.82, 2.24) is 5.32 Å². The number of piperidine rings is 1. The van der Waals surface area contributed by atoms with Crippen LogP contribution in [0.4, 0.5) is 0 Å². The second-order valence-electron chi connectivity index (χ2n) is 5.72. The Balaban J connectivity index is 1.60. The summed E-state index contributed by atoms with van der Waals surface area (Å²) < 4.78 is 5.31. The van der Waals surface area contributed by atoms with Crippen LogP contribution < -0.4 is 5.32 Å². The van der Waals surface area contributed by atoms with E-state index in [1.54, 1.807) is 12.1 Å². The van der Waals surface area contributed by atoms with E-state index in [9.17, 15) is 9.59 Å². The van der Waals surface area contributed by atoms with Gasteiger partial charge in [-0.2, -0.15) is 0 Å². The quantitative estimate of drug-likeness (QED) is 0.883. The third-order valence-electron chi connectivity index (χ3n) is 4.08. The van der Waals surface area contributed by atoms with Gasteiger partial charge in [0.1, 0.15) is 6.61 Å². The molecular formula is C19H19NO3. The van der Waals surface area contributed by atoms with Crippen molar-refractivity contribution in [3.63, 3.8) is 0 Å². The van der Waals surface area contributed by atoms with Crippen molar-refractivity contribution in [2.75, 3.05) is 6.54 Å². The lowest BCUT2D eigenvalue weighted by Gasteiger charge is -2.22. The van der Waals surface area contributed by atoms with Gasteiger partial charge in [-0.1, -0.05) is 42.5 Å². The molecule has 118 valence electrons. The third kappa shape index (κ3) is 3.97. The average Bonchev–Trinajstić information content (AvgIpc) is 2.61. The number of ether oxygens (including phenoxy) is 1. The minimum atomic E-state index is -0.332. The molecule has 0 radical (unpaired) electrons. The maximum Gasteiger partial charge on any atom is 0.338 e. The Kier molecular flexibility index (Phi) is 4.71. The summed E-state index contributed by atoms with van der Waals surface area (Å²) in [6, 6.07) is 17.0. The molecule has 1 amide bonds. The fourth-order valence-corrected chi connectivity index (χ4v) is 2.77. The fraction of sp³-hybridized carbons (Fsp3) is 0.263. The maximum atomic E-state index is 12.1. The number of hydrogen-bond donors (Lipinski definition) is 1. The molecule has 0 aromatic heterocycles. The minimum absolute atomic E-state index is 0.0904. The van der Waals surface area contributed by atoms with E-state index in [1.807, 2.05) is 42.5 Å². The highest BCUT2D eigenvalue weighted by Crippen LogP contribution is 2.25. The van der Waals surface area contributed by atoms with E-state index in [-0.39, 0.29) is 24.4 Å². The Labute approximate surface area is 135 Å². The van der Waals surface area contributed by atoms with Crippen LogP contribution >= 0.6 is 0 Å². The first-order valence-corrected chi connectivity index (χ1v) is 7.80. The van der Waals surface area contributed by atoms with Crippen LogP contribution in [-0.2, 0) is 16.1 Å². The monoisotopic (exact) mass is 309 g/mol. The van der Waals surface area contributed by atoms with Crippen LogP contribution in [0.1, 0.15) is 40.2 Å². The van der Waals surface area contributed by atoms with E-state index >= 15 is 0 Å². The molecule has 1 heterocycles. The van der Waals surface area contributed by atoms with E-state index in [2.05, 4.69) is 5.32 Å². The van der Waals surface area contributed by atoms with Crippen molar-refractivity contribution in [1.29, 1.82) is 0 Å². The van der Waals surface area contributed by atoms with Gasteiger partial charge in [-0.3, -0.25) is 4.79 Å². The van der Waals surface area contributed by atoms with Crippen molar-refractivity contribution in [3.8, 4) is 0 Å². The van der Waals surface area contributed by atoms with Crippen molar-refractivity contribution in [2.24, 2.45) is 0 Å². The summed E-state index contributed by atoms with van der Waals surface area (Å²) in [6.07, 6.45) is 1.45. The molecule has 4 nitrogen and oxygen atoms in total. The number of carbonyl (C=O) groups excluding carboxylic acids is 2. The van der Waals surface area contributed by atoms with Gasteiger partial charge in [-0.05, 0) is 35.6 Å². The Morgan fingerprint density at radius 2 is 1.83 bits per heavy atom. The zero-order valence-corrected chi connectivity index (χ0v) is 12.8. The molecule has 2 aromatic carbocycles. The van der Waals surface area contributed by atoms with Gasteiger partial charge in [0, 0.05) is 13.0 Å². The second kappa shape index (κ2) is 7.09. The van der Waals surface area contributed by atoms with Crippen LogP contribution in [0, 0.1) is 0 Å². The van der Waals surface area contributed by atoms with Crippen LogP contribution in [0.5, 0.6) is 0 Å². The summed E-state index contributed by atoms with van der Waals surface area (Å²) in [7, 11) is 0. The van der Waals surface area contributed by atoms with E-state index in [1.165, 1.54) is 0 Å². The summed E-state index contributed by atoms with van der Waals surface area (Å²) in [6.45, 7) is 0.981. The van der Waals surface area contributed by atoms with Gasteiger partial charge in [-0.15, -0.1) is 0 Å². The molecule has 1 unspecified atom stereocenters. The van der Waals surface area contributed by atoms with Crippen LogP contribution in [0.3, 0.4) is 0 Å². The van der Waals surface area contributed by atoms with Crippen molar-refractivity contribution in [3.05, 3.63) is 71.3 Å². The van der Waals surface area contributed by atoms with Crippen LogP contribution in [0.25, 0.3) is 0 Å². The fourth-order valence-electron chi connectivity index (χ4n) is 2.77. The van der Waals surface area contributed by atoms with Gasteiger partial charge in [0.05, 0.1) is 5.56 Å². The number of esters is 1. The van der Waals surface area contributed by atoms with Crippen LogP contribution in [0.15, 0.2) is 54.6 Å². The molecule has 1 aliphatic rings. The summed E-state index contributed by atoms with van der Waals surface area (Å²) in [4.78, 5) is 23.5. The summed E-state index contributed by atoms with van der Waals surface area (Å²) in [5.74, 6) is -0.00692. The molecule has 4 heteroatoms. The molecular weight excluding hydrogens is 290 g/mol. The number of benzene rings is 2. The molecule has 1 saturated heterocycles. The highest BCUT2D eigenvalue weighted by molar-refractivity contribution is 5.89. The lowest BCUT2D eigenvalue weighted by molar-refractivity contribution is -0.122. The summed E-state index contributed by atoms with van der Waals surface area (Å²) in [5.41, 5.74) is 2.59. The van der Waals surface area contributed by atoms with Crippen molar-refractivity contribution in [2.45, 2.75) is 25.4 Å². The zero-order valence-electron chi connectivity index (χ0n) is 12.8. The lowest BCUT2D eigenvalue weighted by atomic mass is 9.89. The molecule has 0 aliphatic carbocycles. The number of rotatable bonds is 4. The predicted octanol–water partition coefficient (Wildman–Crippen LogP) is 3.04.